The number of azide groups is 1. The molecule has 1 aromatic carbocycles. The fourth-order valence-electron chi connectivity index (χ4n) is 2.28. The van der Waals surface area contributed by atoms with E-state index in [2.05, 4.69) is 20.7 Å². The number of carbonyl (C=O) groups is 1. The number of aryl methyl sites for hydroxylation is 1. The molecule has 0 amide bonds. The summed E-state index contributed by atoms with van der Waals surface area (Å²) in [6.45, 7) is 0. The molecule has 0 fully saturated rings. The van der Waals surface area contributed by atoms with Crippen molar-refractivity contribution in [2.45, 2.75) is 18.9 Å². The maximum atomic E-state index is 11.6. The highest BCUT2D eigenvalue weighted by molar-refractivity contribution is 5.75. The van der Waals surface area contributed by atoms with E-state index in [-0.39, 0.29) is 6.42 Å². The van der Waals surface area contributed by atoms with Crippen LogP contribution in [0.4, 0.5) is 0 Å². The van der Waals surface area contributed by atoms with E-state index >= 15 is 0 Å². The van der Waals surface area contributed by atoms with Gasteiger partial charge >= 0.3 is 5.97 Å². The van der Waals surface area contributed by atoms with Gasteiger partial charge in [-0.2, -0.15) is 0 Å². The minimum Gasteiger partial charge on any atom is -0.493 e. The van der Waals surface area contributed by atoms with Crippen LogP contribution in [0.1, 0.15) is 17.5 Å². The van der Waals surface area contributed by atoms with Crippen LogP contribution in [0.5, 0.6) is 17.2 Å². The molecule has 128 valence electrons. The second-order valence-electron chi connectivity index (χ2n) is 4.61. The van der Waals surface area contributed by atoms with Crippen molar-refractivity contribution in [3.63, 3.8) is 0 Å². The Balaban J connectivity index is 3.26. The molecular weight excluding hydrogens is 314 g/mol. The topological polar surface area (TPSA) is 103 Å². The van der Waals surface area contributed by atoms with E-state index in [4.69, 9.17) is 26.2 Å². The predicted octanol–water partition coefficient (Wildman–Crippen LogP) is 2.48. The van der Waals surface area contributed by atoms with E-state index < -0.39 is 12.0 Å². The number of benzene rings is 1. The number of terminal acetylenes is 1. The lowest BCUT2D eigenvalue weighted by Crippen LogP contribution is -2.20. The van der Waals surface area contributed by atoms with Crippen molar-refractivity contribution in [1.29, 1.82) is 0 Å². The predicted molar refractivity (Wildman–Crippen MR) is 87.3 cm³/mol. The third-order valence-electron chi connectivity index (χ3n) is 3.41. The zero-order valence-electron chi connectivity index (χ0n) is 14.0. The van der Waals surface area contributed by atoms with E-state index in [1.54, 1.807) is 6.07 Å². The summed E-state index contributed by atoms with van der Waals surface area (Å²) < 4.78 is 20.5. The van der Waals surface area contributed by atoms with Gasteiger partial charge in [0, 0.05) is 4.91 Å². The van der Waals surface area contributed by atoms with Gasteiger partial charge in [0.2, 0.25) is 5.75 Å². The first-order valence-corrected chi connectivity index (χ1v) is 6.98. The molecule has 0 radical (unpaired) electrons. The largest absolute Gasteiger partial charge is 0.493 e. The highest BCUT2D eigenvalue weighted by Gasteiger charge is 2.22. The van der Waals surface area contributed by atoms with Crippen molar-refractivity contribution in [2.75, 3.05) is 28.4 Å². The Morgan fingerprint density at radius 3 is 2.42 bits per heavy atom. The van der Waals surface area contributed by atoms with E-state index in [1.807, 2.05) is 0 Å². The van der Waals surface area contributed by atoms with E-state index in [0.717, 1.165) is 0 Å². The van der Waals surface area contributed by atoms with Crippen LogP contribution in [0.15, 0.2) is 11.2 Å². The van der Waals surface area contributed by atoms with Gasteiger partial charge in [-0.25, -0.2) is 0 Å². The van der Waals surface area contributed by atoms with Gasteiger partial charge in [0.05, 0.1) is 34.0 Å². The molecule has 0 bridgehead atoms. The van der Waals surface area contributed by atoms with E-state index in [9.17, 15) is 4.79 Å². The number of ether oxygens (including phenoxy) is 4. The third-order valence-corrected chi connectivity index (χ3v) is 3.41. The molecule has 0 spiro atoms. The molecule has 0 saturated heterocycles. The summed E-state index contributed by atoms with van der Waals surface area (Å²) in [5.74, 6) is 3.15. The van der Waals surface area contributed by atoms with Crippen LogP contribution in [0.25, 0.3) is 10.4 Å². The molecule has 0 saturated carbocycles. The van der Waals surface area contributed by atoms with Crippen molar-refractivity contribution in [2.24, 2.45) is 5.11 Å². The average molecular weight is 333 g/mol. The van der Waals surface area contributed by atoms with Crippen molar-refractivity contribution in [3.8, 4) is 29.6 Å². The Labute approximate surface area is 140 Å². The molecule has 0 aliphatic rings. The molecule has 0 heterocycles. The maximum absolute atomic E-state index is 11.6. The van der Waals surface area contributed by atoms with Gasteiger partial charge in [0.25, 0.3) is 0 Å². The minimum absolute atomic E-state index is 0.226. The average Bonchev–Trinajstić information content (AvgIpc) is 2.62. The van der Waals surface area contributed by atoms with Crippen molar-refractivity contribution in [3.05, 3.63) is 27.6 Å². The normalized spacial score (nSPS) is 10.8. The van der Waals surface area contributed by atoms with Gasteiger partial charge in [-0.15, -0.1) is 6.42 Å². The maximum Gasteiger partial charge on any atom is 0.314 e. The first-order valence-electron chi connectivity index (χ1n) is 6.98. The molecule has 1 aromatic rings. The molecule has 8 nitrogen and oxygen atoms in total. The van der Waals surface area contributed by atoms with Crippen molar-refractivity contribution >= 4 is 5.97 Å². The number of nitrogens with zero attached hydrogens (tertiary/aromatic N) is 3. The van der Waals surface area contributed by atoms with E-state index in [1.165, 1.54) is 28.4 Å². The van der Waals surface area contributed by atoms with Crippen LogP contribution in [-0.4, -0.2) is 40.5 Å². The van der Waals surface area contributed by atoms with Gasteiger partial charge in [0.1, 0.15) is 6.04 Å². The highest BCUT2D eigenvalue weighted by atomic mass is 16.5. The van der Waals surface area contributed by atoms with Gasteiger partial charge in [-0.3, -0.25) is 4.79 Å². The zero-order chi connectivity index (χ0) is 18.1. The van der Waals surface area contributed by atoms with Crippen LogP contribution >= 0.6 is 0 Å². The standard InChI is InChI=1S/C16H19N3O5/c1-6-11-10(7-8-12(18-19-17)16(20)24-5)9-13(21-2)15(23-4)14(11)22-3/h1,9,12H,7-8H2,2-5H3. The molecule has 0 aromatic heterocycles. The lowest BCUT2D eigenvalue weighted by molar-refractivity contribution is -0.142. The van der Waals surface area contributed by atoms with Gasteiger partial charge in [-0.1, -0.05) is 11.0 Å². The molecule has 24 heavy (non-hydrogen) atoms. The van der Waals surface area contributed by atoms with E-state index in [0.29, 0.717) is 34.8 Å². The fraction of sp³-hybridized carbons (Fsp3) is 0.438. The first kappa shape index (κ1) is 19.0. The van der Waals surface area contributed by atoms with Crippen LogP contribution < -0.4 is 14.2 Å². The number of hydrogen-bond donors (Lipinski definition) is 0. The molecule has 0 aliphatic heterocycles. The molecule has 1 rings (SSSR count). The van der Waals surface area contributed by atoms with Gasteiger partial charge < -0.3 is 18.9 Å². The number of rotatable bonds is 8. The van der Waals surface area contributed by atoms with Crippen LogP contribution in [0.3, 0.4) is 0 Å². The van der Waals surface area contributed by atoms with Gasteiger partial charge in [0.15, 0.2) is 11.5 Å². The van der Waals surface area contributed by atoms with Gasteiger partial charge in [-0.05, 0) is 30.0 Å². The monoisotopic (exact) mass is 333 g/mol. The number of carbonyl (C=O) groups excluding carboxylic acids is 1. The molecule has 8 heteroatoms. The Hall–Kier alpha value is -3.04. The summed E-state index contributed by atoms with van der Waals surface area (Å²) in [6, 6.07) is 0.769. The van der Waals surface area contributed by atoms with Crippen LogP contribution in [0.2, 0.25) is 0 Å². The summed E-state index contributed by atoms with van der Waals surface area (Å²) in [5.41, 5.74) is 9.76. The highest BCUT2D eigenvalue weighted by Crippen LogP contribution is 2.42. The number of hydrogen-bond acceptors (Lipinski definition) is 6. The summed E-state index contributed by atoms with van der Waals surface area (Å²) >= 11 is 0. The lowest BCUT2D eigenvalue weighted by atomic mass is 9.98. The number of esters is 1. The fourth-order valence-corrected chi connectivity index (χ4v) is 2.28. The minimum atomic E-state index is -0.940. The second-order valence-corrected chi connectivity index (χ2v) is 4.61. The second kappa shape index (κ2) is 9.18. The quantitative estimate of drug-likeness (QED) is 0.239. The molecule has 1 unspecified atom stereocenters. The van der Waals surface area contributed by atoms with Crippen molar-refractivity contribution < 1.29 is 23.7 Å². The van der Waals surface area contributed by atoms with Crippen LogP contribution in [0, 0.1) is 12.3 Å². The Bertz CT molecular complexity index is 690. The van der Waals surface area contributed by atoms with Crippen LogP contribution in [-0.2, 0) is 16.0 Å². The molecule has 0 aliphatic carbocycles. The SMILES string of the molecule is C#Cc1c(CCC(N=[N+]=[N-])C(=O)OC)cc(OC)c(OC)c1OC. The summed E-state index contributed by atoms with van der Waals surface area (Å²) in [6.07, 6.45) is 6.18. The summed E-state index contributed by atoms with van der Waals surface area (Å²) in [5, 5.41) is 3.45. The number of methoxy groups -OCH3 is 4. The molecule has 1 atom stereocenters. The first-order chi connectivity index (χ1) is 11.6. The summed E-state index contributed by atoms with van der Waals surface area (Å²) in [4.78, 5) is 14.3. The summed E-state index contributed by atoms with van der Waals surface area (Å²) in [7, 11) is 5.68. The zero-order valence-corrected chi connectivity index (χ0v) is 14.0. The lowest BCUT2D eigenvalue weighted by Gasteiger charge is -2.17. The Kier molecular flexibility index (Phi) is 7.27. The molecular formula is C16H19N3O5. The smallest absolute Gasteiger partial charge is 0.314 e. The Morgan fingerprint density at radius 2 is 1.96 bits per heavy atom. The third kappa shape index (κ3) is 4.03. The van der Waals surface area contributed by atoms with Crippen molar-refractivity contribution in [1.82, 2.24) is 0 Å². The molecule has 0 N–H and O–H groups in total. The Morgan fingerprint density at radius 1 is 1.29 bits per heavy atom.